The summed E-state index contributed by atoms with van der Waals surface area (Å²) < 4.78 is 0.978. The lowest BCUT2D eigenvalue weighted by Crippen LogP contribution is -2.19. The van der Waals surface area contributed by atoms with E-state index in [9.17, 15) is 10.1 Å². The van der Waals surface area contributed by atoms with E-state index in [2.05, 4.69) is 26.5 Å². The zero-order valence-corrected chi connectivity index (χ0v) is 17.7. The highest BCUT2D eigenvalue weighted by Crippen LogP contribution is 2.34. The fourth-order valence-electron chi connectivity index (χ4n) is 3.57. The Bertz CT molecular complexity index is 1380. The van der Waals surface area contributed by atoms with Gasteiger partial charge >= 0.3 is 0 Å². The fourth-order valence-corrected chi connectivity index (χ4v) is 3.83. The second-order valence-corrected chi connectivity index (χ2v) is 7.94. The Labute approximate surface area is 186 Å². The van der Waals surface area contributed by atoms with Gasteiger partial charge in [0.15, 0.2) is 5.84 Å². The van der Waals surface area contributed by atoms with Gasteiger partial charge in [0.2, 0.25) is 0 Å². The van der Waals surface area contributed by atoms with Crippen LogP contribution in [0.2, 0.25) is 0 Å². The molecule has 0 amide bonds. The molecule has 0 atom stereocenters. The number of nitro benzene ring substituents is 1. The van der Waals surface area contributed by atoms with Crippen LogP contribution in [0.3, 0.4) is 0 Å². The van der Waals surface area contributed by atoms with E-state index in [0.717, 1.165) is 37.6 Å². The number of hydrogen-bond acceptors (Lipinski definition) is 5. The largest absolute Gasteiger partial charge is 0.269 e. The van der Waals surface area contributed by atoms with Gasteiger partial charge in [0, 0.05) is 38.7 Å². The molecule has 0 aromatic heterocycles. The molecule has 0 saturated heterocycles. The summed E-state index contributed by atoms with van der Waals surface area (Å²) >= 11 is 3.46. The monoisotopic (exact) mass is 470 g/mol. The molecule has 1 N–H and O–H groups in total. The third-order valence-electron chi connectivity index (χ3n) is 5.12. The lowest BCUT2D eigenvalue weighted by atomic mass is 9.96. The molecule has 0 aliphatic carbocycles. The first-order valence-electron chi connectivity index (χ1n) is 9.55. The van der Waals surface area contributed by atoms with Crippen LogP contribution in [0.25, 0.3) is 10.8 Å². The van der Waals surface area contributed by atoms with Gasteiger partial charge in [-0.05, 0) is 35.7 Å². The van der Waals surface area contributed by atoms with Crippen molar-refractivity contribution in [2.24, 2.45) is 10.1 Å². The van der Waals surface area contributed by atoms with Crippen molar-refractivity contribution in [1.82, 2.24) is 5.43 Å². The SMILES string of the molecule is O=[N+]([O-])c1ccc(C2=NNC(c3ccc(Br)cc3)=Nc3c2ccc2ccccc32)cc1. The zero-order valence-electron chi connectivity index (χ0n) is 16.1. The summed E-state index contributed by atoms with van der Waals surface area (Å²) in [7, 11) is 0. The summed E-state index contributed by atoms with van der Waals surface area (Å²) in [5, 5.41) is 17.8. The van der Waals surface area contributed by atoms with Crippen molar-refractivity contribution < 1.29 is 4.92 Å². The molecule has 0 bridgehead atoms. The third kappa shape index (κ3) is 3.60. The summed E-state index contributed by atoms with van der Waals surface area (Å²) in [5.41, 5.74) is 7.14. The predicted molar refractivity (Wildman–Crippen MR) is 126 cm³/mol. The van der Waals surface area contributed by atoms with E-state index in [0.29, 0.717) is 11.5 Å². The highest BCUT2D eigenvalue weighted by atomic mass is 79.9. The maximum Gasteiger partial charge on any atom is 0.269 e. The fraction of sp³-hybridized carbons (Fsp3) is 0. The predicted octanol–water partition coefficient (Wildman–Crippen LogP) is 5.94. The van der Waals surface area contributed by atoms with Crippen molar-refractivity contribution in [2.45, 2.75) is 0 Å². The second kappa shape index (κ2) is 7.77. The number of halogens is 1. The summed E-state index contributed by atoms with van der Waals surface area (Å²) in [5.74, 6) is 0.627. The molecule has 6 nitrogen and oxygen atoms in total. The molecular weight excluding hydrogens is 456 g/mol. The van der Waals surface area contributed by atoms with Gasteiger partial charge in [-0.25, -0.2) is 4.99 Å². The summed E-state index contributed by atoms with van der Waals surface area (Å²) in [6.07, 6.45) is 0. The lowest BCUT2D eigenvalue weighted by Gasteiger charge is -2.10. The van der Waals surface area contributed by atoms with Crippen molar-refractivity contribution in [3.05, 3.63) is 116 Å². The molecule has 1 aliphatic rings. The number of hydrogen-bond donors (Lipinski definition) is 1. The number of fused-ring (bicyclic) bond motifs is 3. The first kappa shape index (κ1) is 19.1. The van der Waals surface area contributed by atoms with E-state index in [-0.39, 0.29) is 5.69 Å². The number of nitrogens with zero attached hydrogens (tertiary/aromatic N) is 3. The molecule has 0 saturated carbocycles. The minimum Gasteiger partial charge on any atom is -0.260 e. The van der Waals surface area contributed by atoms with E-state index in [4.69, 9.17) is 4.99 Å². The second-order valence-electron chi connectivity index (χ2n) is 7.03. The minimum absolute atomic E-state index is 0.0384. The van der Waals surface area contributed by atoms with Crippen molar-refractivity contribution in [2.75, 3.05) is 0 Å². The number of nitro groups is 1. The molecule has 0 spiro atoms. The smallest absolute Gasteiger partial charge is 0.260 e. The molecule has 5 rings (SSSR count). The van der Waals surface area contributed by atoms with Crippen LogP contribution in [0, 0.1) is 10.1 Å². The Kier molecular flexibility index (Phi) is 4.80. The summed E-state index contributed by atoms with van der Waals surface area (Å²) in [6.45, 7) is 0. The van der Waals surface area contributed by atoms with E-state index in [1.165, 1.54) is 12.1 Å². The molecule has 1 heterocycles. The zero-order chi connectivity index (χ0) is 21.4. The third-order valence-corrected chi connectivity index (χ3v) is 5.65. The van der Waals surface area contributed by atoms with E-state index in [1.54, 1.807) is 12.1 Å². The molecular formula is C24H15BrN4O2. The van der Waals surface area contributed by atoms with Gasteiger partial charge in [-0.15, -0.1) is 0 Å². The molecule has 150 valence electrons. The van der Waals surface area contributed by atoms with Crippen LogP contribution in [0.4, 0.5) is 11.4 Å². The molecule has 7 heteroatoms. The van der Waals surface area contributed by atoms with Gasteiger partial charge in [0.1, 0.15) is 5.71 Å². The Hall–Kier alpha value is -3.84. The topological polar surface area (TPSA) is 79.9 Å². The molecule has 0 radical (unpaired) electrons. The Morgan fingerprint density at radius 1 is 0.839 bits per heavy atom. The van der Waals surface area contributed by atoms with Gasteiger partial charge in [0.25, 0.3) is 5.69 Å². The van der Waals surface area contributed by atoms with Crippen LogP contribution >= 0.6 is 15.9 Å². The molecule has 1 aliphatic heterocycles. The van der Waals surface area contributed by atoms with Crippen LogP contribution in [-0.4, -0.2) is 16.5 Å². The standard InChI is InChI=1S/C24H15BrN4O2/c25-18-10-5-17(6-11-18)24-26-23-20-4-2-1-3-15(20)9-14-21(23)22(27-28-24)16-7-12-19(13-8-16)29(30)31/h1-14H,(H,26,28). The van der Waals surface area contributed by atoms with Crippen molar-refractivity contribution in [3.63, 3.8) is 0 Å². The molecule has 4 aromatic carbocycles. The van der Waals surface area contributed by atoms with Gasteiger partial charge in [-0.1, -0.05) is 58.4 Å². The van der Waals surface area contributed by atoms with Crippen LogP contribution in [-0.2, 0) is 0 Å². The van der Waals surface area contributed by atoms with Crippen LogP contribution in [0.5, 0.6) is 0 Å². The number of amidine groups is 1. The maximum atomic E-state index is 11.1. The van der Waals surface area contributed by atoms with Gasteiger partial charge < -0.3 is 0 Å². The Balaban J connectivity index is 1.72. The number of hydrazone groups is 1. The maximum absolute atomic E-state index is 11.1. The normalized spacial score (nSPS) is 12.9. The van der Waals surface area contributed by atoms with Gasteiger partial charge in [0.05, 0.1) is 10.6 Å². The molecule has 4 aromatic rings. The van der Waals surface area contributed by atoms with Gasteiger partial charge in [-0.2, -0.15) is 5.10 Å². The van der Waals surface area contributed by atoms with Crippen molar-refractivity contribution in [3.8, 4) is 0 Å². The number of aliphatic imine (C=N–C) groups is 1. The van der Waals surface area contributed by atoms with Gasteiger partial charge in [-0.3, -0.25) is 15.5 Å². The quantitative estimate of drug-likeness (QED) is 0.297. The van der Waals surface area contributed by atoms with E-state index >= 15 is 0 Å². The molecule has 0 unspecified atom stereocenters. The Morgan fingerprint density at radius 3 is 2.29 bits per heavy atom. The highest BCUT2D eigenvalue weighted by molar-refractivity contribution is 9.10. The van der Waals surface area contributed by atoms with Crippen LogP contribution in [0.15, 0.2) is 99.5 Å². The van der Waals surface area contributed by atoms with Crippen LogP contribution in [0.1, 0.15) is 16.7 Å². The molecule has 31 heavy (non-hydrogen) atoms. The van der Waals surface area contributed by atoms with Crippen LogP contribution < -0.4 is 5.43 Å². The number of non-ortho nitro benzene ring substituents is 1. The number of benzene rings is 4. The average Bonchev–Trinajstić information content (AvgIpc) is 3.00. The molecule has 0 fully saturated rings. The Morgan fingerprint density at radius 2 is 1.55 bits per heavy atom. The highest BCUT2D eigenvalue weighted by Gasteiger charge is 2.20. The minimum atomic E-state index is -0.410. The number of nitrogens with one attached hydrogen (secondary N) is 1. The van der Waals surface area contributed by atoms with Crippen molar-refractivity contribution in [1.29, 1.82) is 0 Å². The summed E-state index contributed by atoms with van der Waals surface area (Å²) in [6, 6.07) is 26.3. The number of rotatable bonds is 3. The van der Waals surface area contributed by atoms with E-state index in [1.807, 2.05) is 60.7 Å². The summed E-state index contributed by atoms with van der Waals surface area (Å²) in [4.78, 5) is 15.6. The first-order valence-corrected chi connectivity index (χ1v) is 10.3. The lowest BCUT2D eigenvalue weighted by molar-refractivity contribution is -0.384. The van der Waals surface area contributed by atoms with E-state index < -0.39 is 4.92 Å². The average molecular weight is 471 g/mol. The van der Waals surface area contributed by atoms with Crippen molar-refractivity contribution >= 4 is 49.6 Å². The first-order chi connectivity index (χ1) is 15.1.